The van der Waals surface area contributed by atoms with Crippen LogP contribution in [-0.2, 0) is 6.18 Å². The third-order valence-electron chi connectivity index (χ3n) is 4.50. The first-order chi connectivity index (χ1) is 13.2. The number of nitrogens with zero attached hydrogens (tertiary/aromatic N) is 2. The third-order valence-corrected chi connectivity index (χ3v) is 4.50. The number of nitriles is 1. The number of hydrogen-bond donors (Lipinski definition) is 0. The SMILES string of the molecule is Cc1cc(/C=C(/C#N)c2ccc(C(F)(F)F)cc2)c(C)n1-c1ccc(F)cc1. The Balaban J connectivity index is 2.01. The van der Waals surface area contributed by atoms with Crippen molar-refractivity contribution in [3.05, 3.63) is 88.5 Å². The molecule has 0 unspecified atom stereocenters. The van der Waals surface area contributed by atoms with Gasteiger partial charge in [0.25, 0.3) is 0 Å². The fraction of sp³-hybridized carbons (Fsp3) is 0.136. The molecule has 1 heterocycles. The molecule has 0 saturated heterocycles. The van der Waals surface area contributed by atoms with E-state index >= 15 is 0 Å². The Kier molecular flexibility index (Phi) is 5.10. The van der Waals surface area contributed by atoms with Crippen LogP contribution in [0.15, 0.2) is 54.6 Å². The van der Waals surface area contributed by atoms with E-state index < -0.39 is 11.7 Å². The summed E-state index contributed by atoms with van der Waals surface area (Å²) in [6.07, 6.45) is -2.78. The standard InChI is InChI=1S/C22H16F4N2/c1-14-11-17(15(2)28(14)21-9-7-20(23)8-10-21)12-18(13-27)16-3-5-19(6-4-16)22(24,25)26/h3-12H,1-2H3/b18-12-. The van der Waals surface area contributed by atoms with Gasteiger partial charge in [0.1, 0.15) is 5.82 Å². The smallest absolute Gasteiger partial charge is 0.318 e. The lowest BCUT2D eigenvalue weighted by Crippen LogP contribution is -2.04. The number of allylic oxidation sites excluding steroid dienone is 1. The number of alkyl halides is 3. The van der Waals surface area contributed by atoms with E-state index in [1.807, 2.05) is 30.6 Å². The van der Waals surface area contributed by atoms with Crippen LogP contribution in [0.3, 0.4) is 0 Å². The van der Waals surface area contributed by atoms with E-state index in [2.05, 4.69) is 0 Å². The van der Waals surface area contributed by atoms with Gasteiger partial charge in [0.15, 0.2) is 0 Å². The molecule has 0 amide bonds. The number of hydrogen-bond acceptors (Lipinski definition) is 1. The number of aromatic nitrogens is 1. The van der Waals surface area contributed by atoms with Crippen molar-refractivity contribution in [1.29, 1.82) is 5.26 Å². The summed E-state index contributed by atoms with van der Waals surface area (Å²) >= 11 is 0. The molecule has 2 aromatic carbocycles. The molecule has 3 rings (SSSR count). The van der Waals surface area contributed by atoms with Gasteiger partial charge in [-0.05, 0) is 73.5 Å². The van der Waals surface area contributed by atoms with Crippen LogP contribution in [0.2, 0.25) is 0 Å². The maximum atomic E-state index is 13.2. The van der Waals surface area contributed by atoms with E-state index in [0.717, 1.165) is 34.8 Å². The van der Waals surface area contributed by atoms with E-state index in [9.17, 15) is 22.8 Å². The maximum Gasteiger partial charge on any atom is 0.416 e. The Bertz CT molecular complexity index is 1060. The van der Waals surface area contributed by atoms with E-state index in [4.69, 9.17) is 0 Å². The lowest BCUT2D eigenvalue weighted by atomic mass is 10.0. The van der Waals surface area contributed by atoms with Gasteiger partial charge in [-0.1, -0.05) is 12.1 Å². The molecule has 0 bridgehead atoms. The zero-order valence-corrected chi connectivity index (χ0v) is 15.2. The van der Waals surface area contributed by atoms with Gasteiger partial charge >= 0.3 is 6.18 Å². The first kappa shape index (κ1) is 19.4. The monoisotopic (exact) mass is 384 g/mol. The van der Waals surface area contributed by atoms with E-state index in [1.54, 1.807) is 18.2 Å². The summed E-state index contributed by atoms with van der Waals surface area (Å²) in [7, 11) is 0. The lowest BCUT2D eigenvalue weighted by molar-refractivity contribution is -0.137. The minimum atomic E-state index is -4.42. The van der Waals surface area contributed by atoms with Crippen LogP contribution in [0.4, 0.5) is 17.6 Å². The molecule has 0 atom stereocenters. The second kappa shape index (κ2) is 7.35. The Morgan fingerprint density at radius 1 is 1.00 bits per heavy atom. The molecule has 0 aliphatic rings. The van der Waals surface area contributed by atoms with E-state index in [-0.39, 0.29) is 11.4 Å². The van der Waals surface area contributed by atoms with Crippen LogP contribution < -0.4 is 0 Å². The summed E-state index contributed by atoms with van der Waals surface area (Å²) in [5, 5.41) is 9.50. The molecule has 0 radical (unpaired) electrons. The fourth-order valence-electron chi connectivity index (χ4n) is 3.10. The normalized spacial score (nSPS) is 12.1. The van der Waals surface area contributed by atoms with Gasteiger partial charge < -0.3 is 4.57 Å². The minimum absolute atomic E-state index is 0.257. The molecular weight excluding hydrogens is 368 g/mol. The highest BCUT2D eigenvalue weighted by atomic mass is 19.4. The van der Waals surface area contributed by atoms with Crippen LogP contribution in [-0.4, -0.2) is 4.57 Å². The van der Waals surface area contributed by atoms with Gasteiger partial charge in [-0.25, -0.2) is 4.39 Å². The van der Waals surface area contributed by atoms with E-state index in [1.165, 1.54) is 24.3 Å². The second-order valence-corrected chi connectivity index (χ2v) is 6.38. The molecule has 0 N–H and O–H groups in total. The highest BCUT2D eigenvalue weighted by Gasteiger charge is 2.30. The molecule has 0 aliphatic heterocycles. The fourth-order valence-corrected chi connectivity index (χ4v) is 3.10. The molecule has 1 aromatic heterocycles. The summed E-state index contributed by atoms with van der Waals surface area (Å²) in [6, 6.07) is 14.5. The molecule has 0 spiro atoms. The highest BCUT2D eigenvalue weighted by molar-refractivity contribution is 5.90. The van der Waals surface area contributed by atoms with Crippen molar-refractivity contribution in [3.8, 4) is 11.8 Å². The van der Waals surface area contributed by atoms with Crippen LogP contribution in [0.5, 0.6) is 0 Å². The number of benzene rings is 2. The van der Waals surface area contributed by atoms with Gasteiger partial charge in [0.2, 0.25) is 0 Å². The minimum Gasteiger partial charge on any atom is -0.318 e. The van der Waals surface area contributed by atoms with Crippen LogP contribution >= 0.6 is 0 Å². The largest absolute Gasteiger partial charge is 0.416 e. The van der Waals surface area contributed by atoms with Crippen molar-refractivity contribution in [1.82, 2.24) is 4.57 Å². The molecule has 142 valence electrons. The number of halogens is 4. The van der Waals surface area contributed by atoms with Gasteiger partial charge in [-0.3, -0.25) is 0 Å². The van der Waals surface area contributed by atoms with Crippen molar-refractivity contribution in [2.75, 3.05) is 0 Å². The molecule has 2 nitrogen and oxygen atoms in total. The Morgan fingerprint density at radius 3 is 2.14 bits per heavy atom. The number of aryl methyl sites for hydroxylation is 1. The van der Waals surface area contributed by atoms with Gasteiger partial charge in [0.05, 0.1) is 17.2 Å². The second-order valence-electron chi connectivity index (χ2n) is 6.38. The molecule has 6 heteroatoms. The first-order valence-corrected chi connectivity index (χ1v) is 8.45. The Morgan fingerprint density at radius 2 is 1.61 bits per heavy atom. The third kappa shape index (κ3) is 3.84. The summed E-state index contributed by atoms with van der Waals surface area (Å²) in [4.78, 5) is 0. The van der Waals surface area contributed by atoms with Crippen LogP contribution in [0.1, 0.15) is 28.1 Å². The molecule has 0 aliphatic carbocycles. The predicted molar refractivity (Wildman–Crippen MR) is 100 cm³/mol. The molecule has 28 heavy (non-hydrogen) atoms. The topological polar surface area (TPSA) is 28.7 Å². The molecule has 3 aromatic rings. The van der Waals surface area contributed by atoms with Gasteiger partial charge in [-0.15, -0.1) is 0 Å². The van der Waals surface area contributed by atoms with Crippen molar-refractivity contribution < 1.29 is 17.6 Å². The first-order valence-electron chi connectivity index (χ1n) is 8.45. The zero-order valence-electron chi connectivity index (χ0n) is 15.2. The van der Waals surface area contributed by atoms with E-state index in [0.29, 0.717) is 5.56 Å². The quantitative estimate of drug-likeness (QED) is 0.384. The summed E-state index contributed by atoms with van der Waals surface area (Å²) < 4.78 is 53.3. The Hall–Kier alpha value is -3.33. The summed E-state index contributed by atoms with van der Waals surface area (Å²) in [5.74, 6) is -0.333. The maximum absolute atomic E-state index is 13.2. The molecule has 0 saturated carbocycles. The highest BCUT2D eigenvalue weighted by Crippen LogP contribution is 2.31. The average molecular weight is 384 g/mol. The van der Waals surface area contributed by atoms with Crippen molar-refractivity contribution in [2.45, 2.75) is 20.0 Å². The lowest BCUT2D eigenvalue weighted by Gasteiger charge is -2.09. The number of rotatable bonds is 3. The molecular formula is C22H16F4N2. The predicted octanol–water partition coefficient (Wildman–Crippen LogP) is 6.32. The molecule has 0 fully saturated rings. The van der Waals surface area contributed by atoms with Crippen molar-refractivity contribution >= 4 is 11.6 Å². The van der Waals surface area contributed by atoms with Crippen LogP contribution in [0.25, 0.3) is 17.3 Å². The van der Waals surface area contributed by atoms with Gasteiger partial charge in [0, 0.05) is 17.1 Å². The average Bonchev–Trinajstić information content (AvgIpc) is 2.93. The summed E-state index contributed by atoms with van der Waals surface area (Å²) in [5.41, 5.74) is 3.17. The van der Waals surface area contributed by atoms with Crippen molar-refractivity contribution in [2.24, 2.45) is 0 Å². The van der Waals surface area contributed by atoms with Crippen molar-refractivity contribution in [3.63, 3.8) is 0 Å². The Labute approximate surface area is 160 Å². The zero-order chi connectivity index (χ0) is 20.5. The van der Waals surface area contributed by atoms with Crippen LogP contribution in [0, 0.1) is 31.0 Å². The summed E-state index contributed by atoms with van der Waals surface area (Å²) in [6.45, 7) is 3.75. The van der Waals surface area contributed by atoms with Gasteiger partial charge in [-0.2, -0.15) is 18.4 Å².